The van der Waals surface area contributed by atoms with Crippen molar-refractivity contribution in [1.82, 2.24) is 10.6 Å². The van der Waals surface area contributed by atoms with Crippen LogP contribution in [0.1, 0.15) is 51.9 Å². The summed E-state index contributed by atoms with van der Waals surface area (Å²) in [6, 6.07) is -0.243. The molecule has 0 aromatic rings. The van der Waals surface area contributed by atoms with E-state index in [2.05, 4.69) is 22.8 Å². The molecule has 1 saturated carbocycles. The Morgan fingerprint density at radius 1 is 1.19 bits per heavy atom. The number of alkyl carbamates (subject to hydrolysis) is 1. The zero-order valence-corrected chi connectivity index (χ0v) is 16.2. The smallest absolute Gasteiger partial charge is 0.407 e. The summed E-state index contributed by atoms with van der Waals surface area (Å²) < 4.78 is 5.30. The molecule has 0 heterocycles. The van der Waals surface area contributed by atoms with Gasteiger partial charge in [0.25, 0.3) is 0 Å². The van der Waals surface area contributed by atoms with Crippen molar-refractivity contribution in [3.8, 4) is 0 Å². The molecule has 7 nitrogen and oxygen atoms in total. The number of carbonyl (C=O) groups is 3. The maximum absolute atomic E-state index is 12.0. The highest BCUT2D eigenvalue weighted by atomic mass is 16.5. The molecule has 0 bridgehead atoms. The number of carbonyl (C=O) groups excluding carboxylic acids is 3. The van der Waals surface area contributed by atoms with E-state index >= 15 is 0 Å². The van der Waals surface area contributed by atoms with Gasteiger partial charge in [0.1, 0.15) is 12.3 Å². The SMILES string of the molecule is CC(=O)CC(CCCN)NC(=O)CNC(=O)OCC1[C@H]2CC/C=C\CC[C@@H]12. The van der Waals surface area contributed by atoms with Crippen LogP contribution < -0.4 is 16.4 Å². The van der Waals surface area contributed by atoms with E-state index in [1.165, 1.54) is 19.8 Å². The Morgan fingerprint density at radius 2 is 1.85 bits per heavy atom. The highest BCUT2D eigenvalue weighted by Crippen LogP contribution is 2.52. The van der Waals surface area contributed by atoms with Gasteiger partial charge < -0.3 is 21.1 Å². The van der Waals surface area contributed by atoms with Gasteiger partial charge in [0, 0.05) is 12.5 Å². The van der Waals surface area contributed by atoms with Crippen molar-refractivity contribution in [2.45, 2.75) is 57.9 Å². The molecule has 4 N–H and O–H groups in total. The molecule has 7 heteroatoms. The van der Waals surface area contributed by atoms with E-state index in [-0.39, 0.29) is 30.7 Å². The second-order valence-electron chi connectivity index (χ2n) is 7.67. The van der Waals surface area contributed by atoms with Crippen LogP contribution in [0, 0.1) is 17.8 Å². The van der Waals surface area contributed by atoms with Gasteiger partial charge in [-0.15, -0.1) is 0 Å². The molecule has 152 valence electrons. The lowest BCUT2D eigenvalue weighted by Crippen LogP contribution is -2.43. The van der Waals surface area contributed by atoms with Crippen molar-refractivity contribution in [3.05, 3.63) is 12.2 Å². The van der Waals surface area contributed by atoms with Gasteiger partial charge in [-0.2, -0.15) is 0 Å². The summed E-state index contributed by atoms with van der Waals surface area (Å²) in [5, 5.41) is 5.27. The van der Waals surface area contributed by atoms with Gasteiger partial charge >= 0.3 is 6.09 Å². The maximum Gasteiger partial charge on any atom is 0.407 e. The average molecular weight is 380 g/mol. The summed E-state index contributed by atoms with van der Waals surface area (Å²) in [4.78, 5) is 35.2. The molecule has 0 saturated heterocycles. The summed E-state index contributed by atoms with van der Waals surface area (Å²) in [5.41, 5.74) is 5.49. The van der Waals surface area contributed by atoms with E-state index in [0.717, 1.165) is 19.3 Å². The Bertz CT molecular complexity index is 533. The van der Waals surface area contributed by atoms with Crippen LogP contribution in [0.2, 0.25) is 0 Å². The zero-order chi connectivity index (χ0) is 19.6. The summed E-state index contributed by atoms with van der Waals surface area (Å²) >= 11 is 0. The van der Waals surface area contributed by atoms with E-state index in [1.54, 1.807) is 0 Å². The van der Waals surface area contributed by atoms with Crippen molar-refractivity contribution in [2.24, 2.45) is 23.5 Å². The minimum Gasteiger partial charge on any atom is -0.449 e. The molecule has 0 radical (unpaired) electrons. The first-order valence-electron chi connectivity index (χ1n) is 10.1. The quantitative estimate of drug-likeness (QED) is 0.502. The number of rotatable bonds is 10. The largest absolute Gasteiger partial charge is 0.449 e. The van der Waals surface area contributed by atoms with Gasteiger partial charge in [-0.1, -0.05) is 12.2 Å². The van der Waals surface area contributed by atoms with Gasteiger partial charge in [-0.25, -0.2) is 4.79 Å². The fourth-order valence-corrected chi connectivity index (χ4v) is 4.03. The average Bonchev–Trinajstić information content (AvgIpc) is 3.24. The molecule has 2 aliphatic rings. The first-order valence-corrected chi connectivity index (χ1v) is 10.1. The molecule has 1 fully saturated rings. The minimum absolute atomic E-state index is 0.0115. The van der Waals surface area contributed by atoms with E-state index in [1.807, 2.05) is 0 Å². The highest BCUT2D eigenvalue weighted by molar-refractivity contribution is 5.83. The molecular formula is C20H33N3O4. The van der Waals surface area contributed by atoms with Crippen LogP contribution in [-0.2, 0) is 14.3 Å². The molecule has 0 aromatic heterocycles. The Kier molecular flexibility index (Phi) is 8.78. The zero-order valence-electron chi connectivity index (χ0n) is 16.2. The second kappa shape index (κ2) is 11.1. The van der Waals surface area contributed by atoms with Gasteiger partial charge in [0.05, 0.1) is 6.61 Å². The lowest BCUT2D eigenvalue weighted by molar-refractivity contribution is -0.121. The second-order valence-corrected chi connectivity index (χ2v) is 7.67. The summed E-state index contributed by atoms with van der Waals surface area (Å²) in [6.45, 7) is 2.27. The Labute approximate surface area is 161 Å². The number of allylic oxidation sites excluding steroid dienone is 2. The van der Waals surface area contributed by atoms with Crippen molar-refractivity contribution < 1.29 is 19.1 Å². The van der Waals surface area contributed by atoms with Crippen LogP contribution in [0.4, 0.5) is 4.79 Å². The van der Waals surface area contributed by atoms with Crippen molar-refractivity contribution in [1.29, 1.82) is 0 Å². The normalized spacial score (nSPS) is 25.9. The maximum atomic E-state index is 12.0. The lowest BCUT2D eigenvalue weighted by atomic mass is 10.1. The molecular weight excluding hydrogens is 346 g/mol. The third kappa shape index (κ3) is 7.71. The Hall–Kier alpha value is -1.89. The van der Waals surface area contributed by atoms with Crippen molar-refractivity contribution in [2.75, 3.05) is 19.7 Å². The van der Waals surface area contributed by atoms with E-state index in [0.29, 0.717) is 37.3 Å². The highest BCUT2D eigenvalue weighted by Gasteiger charge is 2.49. The molecule has 2 amide bonds. The summed E-state index contributed by atoms with van der Waals surface area (Å²) in [7, 11) is 0. The van der Waals surface area contributed by atoms with Crippen LogP contribution in [0.15, 0.2) is 12.2 Å². The minimum atomic E-state index is -0.562. The standard InChI is InChI=1S/C20H33N3O4/c1-14(24)11-15(7-6-10-21)23-19(25)12-22-20(26)27-13-18-16-8-4-2-3-5-9-17(16)18/h2-3,15-18H,4-13,21H2,1H3,(H,22,26)(H,23,25)/b3-2-/t15?,16-,17+,18?. The molecule has 0 aromatic carbocycles. The van der Waals surface area contributed by atoms with Gasteiger partial charge in [0.15, 0.2) is 0 Å². The molecule has 2 unspecified atom stereocenters. The number of amides is 2. The number of nitrogens with two attached hydrogens (primary N) is 1. The van der Waals surface area contributed by atoms with Gasteiger partial charge in [-0.3, -0.25) is 9.59 Å². The van der Waals surface area contributed by atoms with Gasteiger partial charge in [0.2, 0.25) is 5.91 Å². The number of hydrogen-bond donors (Lipinski definition) is 3. The number of nitrogens with one attached hydrogen (secondary N) is 2. The van der Waals surface area contributed by atoms with Crippen molar-refractivity contribution >= 4 is 17.8 Å². The van der Waals surface area contributed by atoms with Crippen LogP contribution in [0.3, 0.4) is 0 Å². The molecule has 2 aliphatic carbocycles. The topological polar surface area (TPSA) is 111 Å². The van der Waals surface area contributed by atoms with Crippen molar-refractivity contribution in [3.63, 3.8) is 0 Å². The molecule has 4 atom stereocenters. The summed E-state index contributed by atoms with van der Waals surface area (Å²) in [6.07, 6.45) is 10.1. The first kappa shape index (κ1) is 21.4. The van der Waals surface area contributed by atoms with Crippen LogP contribution in [0.5, 0.6) is 0 Å². The predicted octanol–water partition coefficient (Wildman–Crippen LogP) is 1.91. The van der Waals surface area contributed by atoms with Crippen LogP contribution in [-0.4, -0.2) is 43.5 Å². The predicted molar refractivity (Wildman–Crippen MR) is 103 cm³/mol. The lowest BCUT2D eigenvalue weighted by Gasteiger charge is -2.17. The Morgan fingerprint density at radius 3 is 2.44 bits per heavy atom. The molecule has 27 heavy (non-hydrogen) atoms. The number of ether oxygens (including phenoxy) is 1. The van der Waals surface area contributed by atoms with E-state index < -0.39 is 6.09 Å². The van der Waals surface area contributed by atoms with Crippen LogP contribution in [0.25, 0.3) is 0 Å². The van der Waals surface area contributed by atoms with E-state index in [9.17, 15) is 14.4 Å². The fraction of sp³-hybridized carbons (Fsp3) is 0.750. The number of ketones is 1. The Balaban J connectivity index is 1.62. The summed E-state index contributed by atoms with van der Waals surface area (Å²) in [5.74, 6) is 1.48. The molecule has 2 rings (SSSR count). The van der Waals surface area contributed by atoms with E-state index in [4.69, 9.17) is 10.5 Å². The number of Topliss-reactive ketones (excluding diaryl/α,β-unsaturated/α-hetero) is 1. The third-order valence-electron chi connectivity index (χ3n) is 5.46. The van der Waals surface area contributed by atoms with Gasteiger partial charge in [-0.05, 0) is 69.7 Å². The molecule has 0 aliphatic heterocycles. The third-order valence-corrected chi connectivity index (χ3v) is 5.46. The molecule has 0 spiro atoms. The van der Waals surface area contributed by atoms with Crippen LogP contribution >= 0.6 is 0 Å². The first-order chi connectivity index (χ1) is 13.0. The number of hydrogen-bond acceptors (Lipinski definition) is 5. The fourth-order valence-electron chi connectivity index (χ4n) is 4.03. The monoisotopic (exact) mass is 379 g/mol. The number of fused-ring (bicyclic) bond motifs is 1.